The number of methoxy groups -OCH3 is 1. The predicted octanol–water partition coefficient (Wildman–Crippen LogP) is 5.54. The van der Waals surface area contributed by atoms with Gasteiger partial charge in [0, 0.05) is 33.5 Å². The Hall–Kier alpha value is -3.96. The Kier molecular flexibility index (Phi) is 5.87. The van der Waals surface area contributed by atoms with Gasteiger partial charge in [0.15, 0.2) is 11.5 Å². The fourth-order valence-electron chi connectivity index (χ4n) is 3.82. The lowest BCUT2D eigenvalue weighted by molar-refractivity contribution is -0.384. The molecule has 0 radical (unpaired) electrons. The number of hydrogen-bond acceptors (Lipinski definition) is 9. The molecule has 0 bridgehead atoms. The van der Waals surface area contributed by atoms with Gasteiger partial charge in [-0.3, -0.25) is 14.9 Å². The molecule has 5 rings (SSSR count). The maximum absolute atomic E-state index is 13.1. The van der Waals surface area contributed by atoms with Gasteiger partial charge in [0.05, 0.1) is 22.5 Å². The second-order valence-corrected chi connectivity index (χ2v) is 9.94. The Bertz CT molecular complexity index is 1510. The summed E-state index contributed by atoms with van der Waals surface area (Å²) in [6, 6.07) is 11.7. The van der Waals surface area contributed by atoms with Gasteiger partial charge in [0.1, 0.15) is 5.00 Å². The molecule has 11 heteroatoms. The van der Waals surface area contributed by atoms with Crippen molar-refractivity contribution in [1.29, 1.82) is 0 Å². The number of nitro benzene ring substituents is 1. The van der Waals surface area contributed by atoms with Gasteiger partial charge in [-0.25, -0.2) is 4.79 Å². The molecule has 0 fully saturated rings. The first-order chi connectivity index (χ1) is 16.8. The van der Waals surface area contributed by atoms with E-state index in [0.717, 1.165) is 20.7 Å². The van der Waals surface area contributed by atoms with E-state index in [-0.39, 0.29) is 12.5 Å². The quantitative estimate of drug-likeness (QED) is 0.206. The van der Waals surface area contributed by atoms with Gasteiger partial charge >= 0.3 is 5.97 Å². The topological polar surface area (TPSA) is 117 Å². The Morgan fingerprint density at radius 1 is 1.11 bits per heavy atom. The molecular formula is C24H18N2O7S2. The lowest BCUT2D eigenvalue weighted by atomic mass is 10.1. The number of benzene rings is 2. The molecule has 3 heterocycles. The largest absolute Gasteiger partial charge is 0.465 e. The third-order valence-corrected chi connectivity index (χ3v) is 7.92. The number of hydrogen-bond donors (Lipinski definition) is 1. The van der Waals surface area contributed by atoms with E-state index < -0.39 is 16.8 Å². The summed E-state index contributed by atoms with van der Waals surface area (Å²) in [4.78, 5) is 37.5. The first-order valence-electron chi connectivity index (χ1n) is 10.4. The van der Waals surface area contributed by atoms with Crippen molar-refractivity contribution in [3.8, 4) is 11.5 Å². The van der Waals surface area contributed by atoms with E-state index in [1.807, 2.05) is 25.1 Å². The SMILES string of the molecule is COC(=O)c1c(NC(=O)c2cc3cc([N+](=O)[O-])ccc3s2)sc(Cc2ccc3c(c2)OCO3)c1C. The minimum atomic E-state index is -0.544. The van der Waals surface area contributed by atoms with Gasteiger partial charge in [0.2, 0.25) is 6.79 Å². The number of anilines is 1. The summed E-state index contributed by atoms with van der Waals surface area (Å²) in [5, 5.41) is 14.9. The lowest BCUT2D eigenvalue weighted by Crippen LogP contribution is -2.13. The average Bonchev–Trinajstić information content (AvgIpc) is 3.55. The summed E-state index contributed by atoms with van der Waals surface area (Å²) in [5.41, 5.74) is 1.95. The van der Waals surface area contributed by atoms with E-state index in [4.69, 9.17) is 14.2 Å². The molecule has 1 aliphatic heterocycles. The predicted molar refractivity (Wildman–Crippen MR) is 132 cm³/mol. The first-order valence-corrected chi connectivity index (χ1v) is 12.1. The zero-order valence-corrected chi connectivity index (χ0v) is 20.2. The zero-order valence-electron chi connectivity index (χ0n) is 18.6. The summed E-state index contributed by atoms with van der Waals surface area (Å²) in [5.74, 6) is 0.407. The molecule has 0 unspecified atom stereocenters. The van der Waals surface area contributed by atoms with Crippen LogP contribution < -0.4 is 14.8 Å². The molecule has 35 heavy (non-hydrogen) atoms. The van der Waals surface area contributed by atoms with Gasteiger partial charge in [-0.05, 0) is 42.3 Å². The molecule has 0 saturated carbocycles. The van der Waals surface area contributed by atoms with Crippen molar-refractivity contribution < 1.29 is 28.7 Å². The Labute approximate surface area is 207 Å². The van der Waals surface area contributed by atoms with E-state index in [2.05, 4.69) is 5.32 Å². The molecule has 0 spiro atoms. The summed E-state index contributed by atoms with van der Waals surface area (Å²) in [6.45, 7) is 2.00. The molecule has 1 aliphatic rings. The molecule has 178 valence electrons. The summed E-state index contributed by atoms with van der Waals surface area (Å²) in [7, 11) is 1.29. The number of carbonyl (C=O) groups is 2. The molecule has 2 aromatic heterocycles. The maximum atomic E-state index is 13.1. The summed E-state index contributed by atoms with van der Waals surface area (Å²) in [6.07, 6.45) is 0.527. The molecule has 1 N–H and O–H groups in total. The minimum Gasteiger partial charge on any atom is -0.465 e. The van der Waals surface area contributed by atoms with Crippen LogP contribution in [0.4, 0.5) is 10.7 Å². The highest BCUT2D eigenvalue weighted by Gasteiger charge is 2.25. The van der Waals surface area contributed by atoms with Gasteiger partial charge in [0.25, 0.3) is 11.6 Å². The summed E-state index contributed by atoms with van der Waals surface area (Å²) < 4.78 is 16.5. The number of amides is 1. The third-order valence-electron chi connectivity index (χ3n) is 5.60. The van der Waals surface area contributed by atoms with Crippen LogP contribution in [0.1, 0.15) is 36.0 Å². The highest BCUT2D eigenvalue weighted by atomic mass is 32.1. The highest BCUT2D eigenvalue weighted by molar-refractivity contribution is 7.21. The molecule has 9 nitrogen and oxygen atoms in total. The van der Waals surface area contributed by atoms with Gasteiger partial charge < -0.3 is 19.5 Å². The molecule has 1 amide bonds. The normalized spacial score (nSPS) is 12.1. The molecule has 0 aliphatic carbocycles. The first kappa shape index (κ1) is 22.8. The Morgan fingerprint density at radius 3 is 2.69 bits per heavy atom. The van der Waals surface area contributed by atoms with Gasteiger partial charge in [-0.15, -0.1) is 22.7 Å². The van der Waals surface area contributed by atoms with E-state index >= 15 is 0 Å². The smallest absolute Gasteiger partial charge is 0.341 e. The zero-order chi connectivity index (χ0) is 24.7. The van der Waals surface area contributed by atoms with Crippen LogP contribution in [-0.4, -0.2) is 30.7 Å². The van der Waals surface area contributed by atoms with Crippen LogP contribution in [0.25, 0.3) is 10.1 Å². The van der Waals surface area contributed by atoms with E-state index in [1.54, 1.807) is 12.1 Å². The molecular weight excluding hydrogens is 492 g/mol. The van der Waals surface area contributed by atoms with Crippen LogP contribution in [0, 0.1) is 17.0 Å². The van der Waals surface area contributed by atoms with Crippen molar-refractivity contribution in [3.05, 3.63) is 79.0 Å². The Balaban J connectivity index is 1.44. The van der Waals surface area contributed by atoms with Crippen molar-refractivity contribution >= 4 is 55.3 Å². The van der Waals surface area contributed by atoms with Crippen molar-refractivity contribution in [2.75, 3.05) is 19.2 Å². The second-order valence-electron chi connectivity index (χ2n) is 7.75. The fraction of sp³-hybridized carbons (Fsp3) is 0.167. The van der Waals surface area contributed by atoms with Crippen molar-refractivity contribution in [2.24, 2.45) is 0 Å². The average molecular weight is 511 g/mol. The van der Waals surface area contributed by atoms with Crippen LogP contribution in [0.3, 0.4) is 0 Å². The molecule has 0 saturated heterocycles. The maximum Gasteiger partial charge on any atom is 0.341 e. The number of carbonyl (C=O) groups excluding carboxylic acids is 2. The van der Waals surface area contributed by atoms with Gasteiger partial charge in [-0.2, -0.15) is 0 Å². The number of nitrogens with one attached hydrogen (secondary N) is 1. The number of nitrogens with zero attached hydrogens (tertiary/aromatic N) is 1. The number of rotatable bonds is 6. The molecule has 4 aromatic rings. The standard InChI is InChI=1S/C24H18N2O7S2/c1-12-19(8-13-3-5-16-17(7-13)33-11-32-16)35-23(21(12)24(28)31-2)25-22(27)20-10-14-9-15(26(29)30)4-6-18(14)34-20/h3-7,9-10H,8,11H2,1-2H3,(H,25,27). The van der Waals surface area contributed by atoms with E-state index in [9.17, 15) is 19.7 Å². The number of ether oxygens (including phenoxy) is 3. The number of non-ortho nitro benzene ring substituents is 1. The Morgan fingerprint density at radius 2 is 1.91 bits per heavy atom. The number of esters is 1. The van der Waals surface area contributed by atoms with Crippen LogP contribution in [0.5, 0.6) is 11.5 Å². The summed E-state index contributed by atoms with van der Waals surface area (Å²) >= 11 is 2.52. The monoisotopic (exact) mass is 510 g/mol. The third kappa shape index (κ3) is 4.31. The lowest BCUT2D eigenvalue weighted by Gasteiger charge is -2.05. The van der Waals surface area contributed by atoms with Crippen molar-refractivity contribution in [3.63, 3.8) is 0 Å². The van der Waals surface area contributed by atoms with Crippen molar-refractivity contribution in [1.82, 2.24) is 0 Å². The van der Waals surface area contributed by atoms with E-state index in [0.29, 0.717) is 38.7 Å². The number of nitro groups is 1. The number of thiophene rings is 2. The molecule has 0 atom stereocenters. The van der Waals surface area contributed by atoms with Crippen LogP contribution >= 0.6 is 22.7 Å². The van der Waals surface area contributed by atoms with Crippen LogP contribution in [0.15, 0.2) is 42.5 Å². The second kappa shape index (κ2) is 9.01. The number of fused-ring (bicyclic) bond motifs is 2. The minimum absolute atomic E-state index is 0.0442. The van der Waals surface area contributed by atoms with Crippen LogP contribution in [-0.2, 0) is 11.2 Å². The fourth-order valence-corrected chi connectivity index (χ4v) is 5.98. The molecule has 2 aromatic carbocycles. The highest BCUT2D eigenvalue weighted by Crippen LogP contribution is 2.38. The van der Waals surface area contributed by atoms with Crippen LogP contribution in [0.2, 0.25) is 0 Å². The van der Waals surface area contributed by atoms with E-state index in [1.165, 1.54) is 41.9 Å². The van der Waals surface area contributed by atoms with Crippen molar-refractivity contribution in [2.45, 2.75) is 13.3 Å². The van der Waals surface area contributed by atoms with Gasteiger partial charge in [-0.1, -0.05) is 6.07 Å².